The summed E-state index contributed by atoms with van der Waals surface area (Å²) < 4.78 is 19.3. The van der Waals surface area contributed by atoms with Crippen molar-refractivity contribution in [2.75, 3.05) is 7.11 Å². The molecule has 0 saturated heterocycles. The van der Waals surface area contributed by atoms with Crippen LogP contribution in [0, 0.1) is 5.82 Å². The summed E-state index contributed by atoms with van der Waals surface area (Å²) in [5.74, 6) is -0.977. The first kappa shape index (κ1) is 14.1. The predicted octanol–water partition coefficient (Wildman–Crippen LogP) is 2.72. The Morgan fingerprint density at radius 2 is 2.00 bits per heavy atom. The lowest BCUT2D eigenvalue weighted by molar-refractivity contribution is 0.0595. The van der Waals surface area contributed by atoms with Gasteiger partial charge >= 0.3 is 5.97 Å². The molecule has 0 radical (unpaired) electrons. The normalized spacial score (nSPS) is 10.8. The van der Waals surface area contributed by atoms with E-state index in [-0.39, 0.29) is 17.3 Å². The Labute approximate surface area is 125 Å². The molecular formula is C16H13FN2O3. The van der Waals surface area contributed by atoms with E-state index in [0.717, 1.165) is 5.56 Å². The van der Waals surface area contributed by atoms with Crippen molar-refractivity contribution >= 4 is 16.9 Å². The highest BCUT2D eigenvalue weighted by atomic mass is 19.1. The van der Waals surface area contributed by atoms with E-state index in [1.807, 2.05) is 0 Å². The molecule has 0 saturated carbocycles. The third kappa shape index (κ3) is 2.39. The first-order valence-electron chi connectivity index (χ1n) is 6.61. The summed E-state index contributed by atoms with van der Waals surface area (Å²) in [4.78, 5) is 11.8. The van der Waals surface area contributed by atoms with E-state index in [1.165, 1.54) is 25.3 Å². The topological polar surface area (TPSA) is 64.3 Å². The van der Waals surface area contributed by atoms with Crippen LogP contribution < -0.4 is 0 Å². The second-order valence-corrected chi connectivity index (χ2v) is 4.80. The van der Waals surface area contributed by atoms with Crippen molar-refractivity contribution in [2.45, 2.75) is 6.54 Å². The summed E-state index contributed by atoms with van der Waals surface area (Å²) in [7, 11) is 1.26. The third-order valence-corrected chi connectivity index (χ3v) is 3.38. The Kier molecular flexibility index (Phi) is 3.50. The molecule has 0 amide bonds. The molecule has 0 aliphatic rings. The number of halogens is 1. The molecule has 0 spiro atoms. The van der Waals surface area contributed by atoms with Crippen LogP contribution >= 0.6 is 0 Å². The highest BCUT2D eigenvalue weighted by Gasteiger charge is 2.20. The number of phenolic OH excluding ortho intramolecular Hbond substituents is 1. The third-order valence-electron chi connectivity index (χ3n) is 3.38. The number of aromatic nitrogens is 2. The summed E-state index contributed by atoms with van der Waals surface area (Å²) in [5.41, 5.74) is 1.48. The van der Waals surface area contributed by atoms with E-state index in [0.29, 0.717) is 17.4 Å². The number of hydrogen-bond donors (Lipinski definition) is 1. The smallest absolute Gasteiger partial charge is 0.359 e. The average Bonchev–Trinajstić information content (AvgIpc) is 2.89. The van der Waals surface area contributed by atoms with Crippen LogP contribution in [0.3, 0.4) is 0 Å². The lowest BCUT2D eigenvalue weighted by atomic mass is 10.2. The molecule has 0 aliphatic heterocycles. The van der Waals surface area contributed by atoms with E-state index in [4.69, 9.17) is 4.74 Å². The molecule has 2 aromatic carbocycles. The predicted molar refractivity (Wildman–Crippen MR) is 78.2 cm³/mol. The summed E-state index contributed by atoms with van der Waals surface area (Å²) in [6.07, 6.45) is 0. The van der Waals surface area contributed by atoms with Gasteiger partial charge in [0, 0.05) is 0 Å². The van der Waals surface area contributed by atoms with Crippen LogP contribution in [0.1, 0.15) is 16.1 Å². The van der Waals surface area contributed by atoms with Gasteiger partial charge in [-0.1, -0.05) is 18.2 Å². The molecule has 1 heterocycles. The van der Waals surface area contributed by atoms with Crippen molar-refractivity contribution in [3.05, 3.63) is 59.5 Å². The number of fused-ring (bicyclic) bond motifs is 1. The van der Waals surface area contributed by atoms with E-state index in [1.54, 1.807) is 28.9 Å². The van der Waals surface area contributed by atoms with Gasteiger partial charge in [-0.15, -0.1) is 0 Å². The molecule has 1 N–H and O–H groups in total. The number of phenols is 1. The van der Waals surface area contributed by atoms with Gasteiger partial charge in [0.05, 0.1) is 24.6 Å². The number of ether oxygens (including phenoxy) is 1. The molecule has 3 rings (SSSR count). The largest absolute Gasteiger partial charge is 0.507 e. The molecular weight excluding hydrogens is 287 g/mol. The van der Waals surface area contributed by atoms with Crippen LogP contribution in [0.4, 0.5) is 4.39 Å². The molecule has 22 heavy (non-hydrogen) atoms. The van der Waals surface area contributed by atoms with Crippen LogP contribution in [-0.4, -0.2) is 28.0 Å². The van der Waals surface area contributed by atoms with Crippen molar-refractivity contribution in [2.24, 2.45) is 0 Å². The molecule has 0 bridgehead atoms. The van der Waals surface area contributed by atoms with Gasteiger partial charge in [0.2, 0.25) is 0 Å². The Morgan fingerprint density at radius 1 is 1.27 bits per heavy atom. The number of hydrogen-bond acceptors (Lipinski definition) is 4. The fourth-order valence-corrected chi connectivity index (χ4v) is 2.33. The zero-order chi connectivity index (χ0) is 15.7. The molecule has 0 unspecified atom stereocenters. The van der Waals surface area contributed by atoms with Crippen LogP contribution in [0.15, 0.2) is 42.5 Å². The van der Waals surface area contributed by atoms with E-state index >= 15 is 0 Å². The molecule has 1 aromatic heterocycles. The number of carbonyl (C=O) groups excluding carboxylic acids is 1. The Bertz CT molecular complexity index is 840. The van der Waals surface area contributed by atoms with Crippen LogP contribution in [0.2, 0.25) is 0 Å². The Balaban J connectivity index is 2.12. The first-order chi connectivity index (χ1) is 10.6. The van der Waals surface area contributed by atoms with Crippen molar-refractivity contribution in [1.29, 1.82) is 0 Å². The highest BCUT2D eigenvalue weighted by molar-refractivity contribution is 6.04. The number of methoxy groups -OCH3 is 1. The standard InChI is InChI=1S/C16H13FN2O3/c1-22-16(21)15-14-12(3-2-4-13(14)20)19(18-15)9-10-5-7-11(17)8-6-10/h2-8,20H,9H2,1H3. The van der Waals surface area contributed by atoms with Crippen molar-refractivity contribution in [3.63, 3.8) is 0 Å². The van der Waals surface area contributed by atoms with Gasteiger partial charge in [-0.05, 0) is 29.8 Å². The zero-order valence-corrected chi connectivity index (χ0v) is 11.8. The fraction of sp³-hybridized carbons (Fsp3) is 0.125. The summed E-state index contributed by atoms with van der Waals surface area (Å²) in [6, 6.07) is 10.9. The summed E-state index contributed by atoms with van der Waals surface area (Å²) >= 11 is 0. The van der Waals surface area contributed by atoms with Gasteiger partial charge in [-0.3, -0.25) is 4.68 Å². The number of esters is 1. The number of benzene rings is 2. The molecule has 3 aromatic rings. The monoisotopic (exact) mass is 300 g/mol. The van der Waals surface area contributed by atoms with Gasteiger partial charge in [0.1, 0.15) is 11.6 Å². The van der Waals surface area contributed by atoms with E-state index in [2.05, 4.69) is 5.10 Å². The SMILES string of the molecule is COC(=O)c1nn(Cc2ccc(F)cc2)c2cccc(O)c12. The van der Waals surface area contributed by atoms with Crippen molar-refractivity contribution in [3.8, 4) is 5.75 Å². The van der Waals surface area contributed by atoms with Gasteiger partial charge in [0.25, 0.3) is 0 Å². The molecule has 6 heteroatoms. The minimum Gasteiger partial charge on any atom is -0.507 e. The van der Waals surface area contributed by atoms with E-state index < -0.39 is 5.97 Å². The molecule has 0 atom stereocenters. The maximum atomic E-state index is 13.0. The molecule has 0 fully saturated rings. The Morgan fingerprint density at radius 3 is 2.68 bits per heavy atom. The number of nitrogens with zero attached hydrogens (tertiary/aromatic N) is 2. The van der Waals surface area contributed by atoms with Crippen LogP contribution in [0.25, 0.3) is 10.9 Å². The van der Waals surface area contributed by atoms with Crippen molar-refractivity contribution in [1.82, 2.24) is 9.78 Å². The minimum absolute atomic E-state index is 0.0387. The first-order valence-corrected chi connectivity index (χ1v) is 6.61. The number of rotatable bonds is 3. The quantitative estimate of drug-likeness (QED) is 0.755. The fourth-order valence-electron chi connectivity index (χ4n) is 2.33. The van der Waals surface area contributed by atoms with Gasteiger partial charge in [0.15, 0.2) is 5.69 Å². The van der Waals surface area contributed by atoms with Gasteiger partial charge < -0.3 is 9.84 Å². The van der Waals surface area contributed by atoms with Crippen LogP contribution in [0.5, 0.6) is 5.75 Å². The second-order valence-electron chi connectivity index (χ2n) is 4.80. The zero-order valence-electron chi connectivity index (χ0n) is 11.8. The molecule has 5 nitrogen and oxygen atoms in total. The van der Waals surface area contributed by atoms with Gasteiger partial charge in [-0.25, -0.2) is 9.18 Å². The molecule has 112 valence electrons. The summed E-state index contributed by atoms with van der Waals surface area (Å²) in [6.45, 7) is 0.344. The average molecular weight is 300 g/mol. The second kappa shape index (κ2) is 5.48. The minimum atomic E-state index is -0.621. The number of aromatic hydroxyl groups is 1. The van der Waals surface area contributed by atoms with Gasteiger partial charge in [-0.2, -0.15) is 5.10 Å². The number of carbonyl (C=O) groups is 1. The van der Waals surface area contributed by atoms with E-state index in [9.17, 15) is 14.3 Å². The highest BCUT2D eigenvalue weighted by Crippen LogP contribution is 2.28. The Hall–Kier alpha value is -2.89. The maximum Gasteiger partial charge on any atom is 0.359 e. The maximum absolute atomic E-state index is 13.0. The lowest BCUT2D eigenvalue weighted by Gasteiger charge is -2.04. The molecule has 0 aliphatic carbocycles. The van der Waals surface area contributed by atoms with Crippen LogP contribution in [-0.2, 0) is 11.3 Å². The lowest BCUT2D eigenvalue weighted by Crippen LogP contribution is -2.06. The summed E-state index contributed by atoms with van der Waals surface area (Å²) in [5, 5.41) is 14.6. The van der Waals surface area contributed by atoms with Crippen molar-refractivity contribution < 1.29 is 19.0 Å².